The molecule has 0 fully saturated rings. The average molecular weight is 314 g/mol. The molecule has 0 saturated carbocycles. The van der Waals surface area contributed by atoms with E-state index in [0.29, 0.717) is 5.82 Å². The van der Waals surface area contributed by atoms with Gasteiger partial charge in [0.05, 0.1) is 4.92 Å². The summed E-state index contributed by atoms with van der Waals surface area (Å²) in [6, 6.07) is 12.0. The summed E-state index contributed by atoms with van der Waals surface area (Å²) in [7, 11) is 2.07. The van der Waals surface area contributed by atoms with Gasteiger partial charge in [0.1, 0.15) is 12.0 Å². The fourth-order valence-electron chi connectivity index (χ4n) is 2.52. The molecule has 0 spiro atoms. The van der Waals surface area contributed by atoms with E-state index in [1.165, 1.54) is 17.8 Å². The molecular formula is C17H22N4O2. The Morgan fingerprint density at radius 1 is 1.35 bits per heavy atom. The van der Waals surface area contributed by atoms with E-state index in [1.54, 1.807) is 0 Å². The van der Waals surface area contributed by atoms with E-state index in [2.05, 4.69) is 41.3 Å². The van der Waals surface area contributed by atoms with Crippen LogP contribution in [0.5, 0.6) is 0 Å². The second kappa shape index (κ2) is 7.69. The largest absolute Gasteiger partial charge is 0.366 e. The number of benzene rings is 1. The first-order valence-electron chi connectivity index (χ1n) is 7.55. The van der Waals surface area contributed by atoms with Gasteiger partial charge in [0.25, 0.3) is 5.69 Å². The lowest BCUT2D eigenvalue weighted by Gasteiger charge is -2.23. The van der Waals surface area contributed by atoms with Crippen LogP contribution in [-0.4, -0.2) is 34.4 Å². The van der Waals surface area contributed by atoms with Crippen molar-refractivity contribution in [2.75, 3.05) is 18.9 Å². The van der Waals surface area contributed by atoms with Crippen molar-refractivity contribution in [3.05, 3.63) is 63.8 Å². The molecule has 0 radical (unpaired) electrons. The summed E-state index contributed by atoms with van der Waals surface area (Å²) in [5.74, 6) is 0.691. The molecule has 1 atom stereocenters. The maximum atomic E-state index is 10.7. The Morgan fingerprint density at radius 3 is 2.65 bits per heavy atom. The Hall–Kier alpha value is -2.47. The Kier molecular flexibility index (Phi) is 5.65. The summed E-state index contributed by atoms with van der Waals surface area (Å²) in [6.45, 7) is 5.61. The maximum absolute atomic E-state index is 10.7. The molecule has 2 aromatic rings. The van der Waals surface area contributed by atoms with Crippen LogP contribution >= 0.6 is 0 Å². The van der Waals surface area contributed by atoms with Crippen molar-refractivity contribution < 1.29 is 4.92 Å². The number of rotatable bonds is 7. The van der Waals surface area contributed by atoms with Gasteiger partial charge in [-0.2, -0.15) is 0 Å². The summed E-state index contributed by atoms with van der Waals surface area (Å²) in [4.78, 5) is 16.7. The first kappa shape index (κ1) is 16.9. The highest BCUT2D eigenvalue weighted by atomic mass is 16.6. The quantitative estimate of drug-likeness (QED) is 0.627. The van der Waals surface area contributed by atoms with E-state index in [1.807, 2.05) is 25.1 Å². The normalized spacial score (nSPS) is 12.2. The molecule has 0 aliphatic rings. The molecule has 23 heavy (non-hydrogen) atoms. The van der Waals surface area contributed by atoms with Gasteiger partial charge in [-0.15, -0.1) is 0 Å². The number of aromatic nitrogens is 1. The smallest absolute Gasteiger partial charge is 0.287 e. The summed E-state index contributed by atoms with van der Waals surface area (Å²) >= 11 is 0. The van der Waals surface area contributed by atoms with Crippen molar-refractivity contribution in [2.24, 2.45) is 0 Å². The third-order valence-electron chi connectivity index (χ3n) is 3.54. The van der Waals surface area contributed by atoms with Crippen LogP contribution < -0.4 is 5.32 Å². The zero-order valence-electron chi connectivity index (χ0n) is 13.7. The monoisotopic (exact) mass is 314 g/mol. The molecule has 0 saturated heterocycles. The summed E-state index contributed by atoms with van der Waals surface area (Å²) in [5.41, 5.74) is 2.06. The van der Waals surface area contributed by atoms with Crippen LogP contribution in [0.1, 0.15) is 18.1 Å². The van der Waals surface area contributed by atoms with Crippen molar-refractivity contribution in [1.29, 1.82) is 0 Å². The van der Waals surface area contributed by atoms with E-state index in [-0.39, 0.29) is 11.7 Å². The maximum Gasteiger partial charge on any atom is 0.287 e. The molecule has 1 heterocycles. The molecule has 6 heteroatoms. The van der Waals surface area contributed by atoms with Gasteiger partial charge in [0.15, 0.2) is 0 Å². The number of likely N-dealkylation sites (N-methyl/N-ethyl adjacent to an activating group) is 1. The van der Waals surface area contributed by atoms with Gasteiger partial charge in [-0.3, -0.25) is 10.1 Å². The lowest BCUT2D eigenvalue weighted by molar-refractivity contribution is -0.385. The molecule has 1 aromatic carbocycles. The van der Waals surface area contributed by atoms with Crippen molar-refractivity contribution in [3.63, 3.8) is 0 Å². The molecule has 122 valence electrons. The van der Waals surface area contributed by atoms with Crippen LogP contribution in [0, 0.1) is 17.0 Å². The summed E-state index contributed by atoms with van der Waals surface area (Å²) in [6.07, 6.45) is 1.29. The highest BCUT2D eigenvalue weighted by Crippen LogP contribution is 2.18. The lowest BCUT2D eigenvalue weighted by atomic mass is 10.2. The average Bonchev–Trinajstić information content (AvgIpc) is 2.49. The van der Waals surface area contributed by atoms with Crippen LogP contribution in [-0.2, 0) is 6.54 Å². The van der Waals surface area contributed by atoms with Crippen LogP contribution in [0.3, 0.4) is 0 Å². The first-order chi connectivity index (χ1) is 11.0. The molecule has 1 unspecified atom stereocenters. The van der Waals surface area contributed by atoms with Crippen molar-refractivity contribution in [1.82, 2.24) is 9.88 Å². The van der Waals surface area contributed by atoms with Crippen molar-refractivity contribution in [3.8, 4) is 0 Å². The van der Waals surface area contributed by atoms with Gasteiger partial charge in [-0.1, -0.05) is 30.3 Å². The van der Waals surface area contributed by atoms with E-state index in [9.17, 15) is 10.1 Å². The second-order valence-corrected chi connectivity index (χ2v) is 5.84. The van der Waals surface area contributed by atoms with Crippen LogP contribution in [0.25, 0.3) is 0 Å². The Morgan fingerprint density at radius 2 is 2.04 bits per heavy atom. The first-order valence-corrected chi connectivity index (χ1v) is 7.55. The molecule has 0 aliphatic carbocycles. The van der Waals surface area contributed by atoms with E-state index >= 15 is 0 Å². The molecular weight excluding hydrogens is 292 g/mol. The number of nitro groups is 1. The highest BCUT2D eigenvalue weighted by molar-refractivity contribution is 5.48. The van der Waals surface area contributed by atoms with Crippen LogP contribution in [0.15, 0.2) is 42.6 Å². The zero-order chi connectivity index (χ0) is 16.8. The Labute approximate surface area is 136 Å². The van der Waals surface area contributed by atoms with Crippen molar-refractivity contribution in [2.45, 2.75) is 26.4 Å². The van der Waals surface area contributed by atoms with E-state index in [0.717, 1.165) is 18.7 Å². The van der Waals surface area contributed by atoms with Gasteiger partial charge >= 0.3 is 0 Å². The van der Waals surface area contributed by atoms with Gasteiger partial charge in [-0.25, -0.2) is 4.98 Å². The minimum absolute atomic E-state index is 0.0156. The Bertz CT molecular complexity index is 661. The summed E-state index contributed by atoms with van der Waals surface area (Å²) < 4.78 is 0. The molecule has 2 rings (SSSR count). The number of nitrogens with one attached hydrogen (secondary N) is 1. The number of aryl methyl sites for hydroxylation is 1. The number of hydrogen-bond acceptors (Lipinski definition) is 5. The molecule has 0 aliphatic heterocycles. The second-order valence-electron chi connectivity index (χ2n) is 5.84. The molecule has 0 amide bonds. The Balaban J connectivity index is 1.91. The minimum Gasteiger partial charge on any atom is -0.366 e. The van der Waals surface area contributed by atoms with Gasteiger partial charge in [0.2, 0.25) is 0 Å². The molecule has 1 aromatic heterocycles. The van der Waals surface area contributed by atoms with E-state index < -0.39 is 4.92 Å². The third kappa shape index (κ3) is 5.03. The number of pyridine rings is 1. The number of anilines is 1. The SMILES string of the molecule is Cc1cc([N+](=O)[O-])cnc1NC(C)CN(C)Cc1ccccc1. The van der Waals surface area contributed by atoms with Gasteiger partial charge < -0.3 is 10.2 Å². The fraction of sp³-hybridized carbons (Fsp3) is 0.353. The van der Waals surface area contributed by atoms with Crippen LogP contribution in [0.2, 0.25) is 0 Å². The summed E-state index contributed by atoms with van der Waals surface area (Å²) in [5, 5.41) is 14.1. The van der Waals surface area contributed by atoms with E-state index in [4.69, 9.17) is 0 Å². The number of nitrogens with zero attached hydrogens (tertiary/aromatic N) is 3. The minimum atomic E-state index is -0.430. The standard InChI is InChI=1S/C17H22N4O2/c1-13-9-16(21(22)23)10-18-17(13)19-14(2)11-20(3)12-15-7-5-4-6-8-15/h4-10,14H,11-12H2,1-3H3,(H,18,19). The zero-order valence-corrected chi connectivity index (χ0v) is 13.7. The predicted octanol–water partition coefficient (Wildman–Crippen LogP) is 3.23. The predicted molar refractivity (Wildman–Crippen MR) is 91.5 cm³/mol. The van der Waals surface area contributed by atoms with Crippen molar-refractivity contribution >= 4 is 11.5 Å². The fourth-order valence-corrected chi connectivity index (χ4v) is 2.52. The molecule has 6 nitrogen and oxygen atoms in total. The topological polar surface area (TPSA) is 71.3 Å². The lowest BCUT2D eigenvalue weighted by Crippen LogP contribution is -2.32. The van der Waals surface area contributed by atoms with Gasteiger partial charge in [-0.05, 0) is 32.0 Å². The van der Waals surface area contributed by atoms with Gasteiger partial charge in [0, 0.05) is 25.2 Å². The molecule has 0 bridgehead atoms. The van der Waals surface area contributed by atoms with Crippen LogP contribution in [0.4, 0.5) is 11.5 Å². The number of hydrogen-bond donors (Lipinski definition) is 1. The highest BCUT2D eigenvalue weighted by Gasteiger charge is 2.12. The molecule has 1 N–H and O–H groups in total. The third-order valence-corrected chi connectivity index (χ3v) is 3.54.